The fourth-order valence-electron chi connectivity index (χ4n) is 10.2. The molecule has 0 saturated heterocycles. The van der Waals surface area contributed by atoms with Gasteiger partial charge >= 0.3 is 0 Å². The van der Waals surface area contributed by atoms with Crippen LogP contribution in [0.15, 0.2) is 101 Å². The SMILES string of the molecule is CC.[B]c1c([B])c([B])c(-n2c3c([B])c(C)c([B])c4c5c([B])c([B])c([B])c([B])c5c5c(-c6ccc7oc8ccc(-c9nc(-c%10ccccc%10)nc(-c%10ccccc%10)n9)cc8c7c6)c([B])c([B])c2c5c43)c([B])c1[B]. The van der Waals surface area contributed by atoms with Crippen LogP contribution in [-0.4, -0.2) is 122 Å². The number of hydrogen-bond donors (Lipinski definition) is 0. The number of nitrogens with zero attached hydrogens (tertiary/aromatic N) is 4. The molecule has 72 heavy (non-hydrogen) atoms. The Hall–Kier alpha value is -6.79. The second kappa shape index (κ2) is 17.5. The molecule has 0 fully saturated rings. The van der Waals surface area contributed by atoms with Gasteiger partial charge in [0.2, 0.25) is 0 Å². The maximum Gasteiger partial charge on any atom is 0.164 e. The Kier molecular flexibility index (Phi) is 11.5. The van der Waals surface area contributed by atoms with Crippen LogP contribution in [0, 0.1) is 6.92 Å². The van der Waals surface area contributed by atoms with E-state index < -0.39 is 0 Å². The third-order valence-electron chi connectivity index (χ3n) is 13.8. The van der Waals surface area contributed by atoms with Crippen molar-refractivity contribution in [3.8, 4) is 51.0 Å². The lowest BCUT2D eigenvalue weighted by Gasteiger charge is -2.25. The summed E-state index contributed by atoms with van der Waals surface area (Å²) in [6, 6.07) is 31.1. The molecule has 5 nitrogen and oxygen atoms in total. The zero-order chi connectivity index (χ0) is 50.9. The molecule has 3 heterocycles. The lowest BCUT2D eigenvalue weighted by Crippen LogP contribution is -2.56. The van der Waals surface area contributed by atoms with Crippen molar-refractivity contribution in [3.05, 3.63) is 103 Å². The number of furan rings is 1. The first kappa shape index (κ1) is 47.5. The van der Waals surface area contributed by atoms with Crippen LogP contribution >= 0.6 is 0 Å². The smallest absolute Gasteiger partial charge is 0.164 e. The van der Waals surface area contributed by atoms with Crippen molar-refractivity contribution < 1.29 is 4.42 Å². The van der Waals surface area contributed by atoms with Gasteiger partial charge in [-0.25, -0.2) is 15.0 Å². The molecule has 0 aliphatic carbocycles. The van der Waals surface area contributed by atoms with Crippen molar-refractivity contribution >= 4 is 238 Å². The maximum absolute atomic E-state index is 7.37. The number of rotatable bonds is 5. The quantitative estimate of drug-likeness (QED) is 0.164. The largest absolute Gasteiger partial charge is 0.456 e. The van der Waals surface area contributed by atoms with E-state index in [1.165, 1.54) is 0 Å². The summed E-state index contributed by atoms with van der Waals surface area (Å²) in [5.74, 6) is 1.53. The lowest BCUT2D eigenvalue weighted by atomic mass is 9.61. The molecule has 0 aliphatic rings. The first-order chi connectivity index (χ1) is 34.6. The number of benzene rings is 9. The predicted octanol–water partition coefficient (Wildman–Crippen LogP) is -1.07. The summed E-state index contributed by atoms with van der Waals surface area (Å²) in [5.41, 5.74) is 7.59. The van der Waals surface area contributed by atoms with E-state index in [0.717, 1.165) is 27.5 Å². The van der Waals surface area contributed by atoms with Crippen molar-refractivity contribution in [3.63, 3.8) is 0 Å². The number of aromatic nitrogens is 4. The number of hydrogen-bond acceptors (Lipinski definition) is 4. The summed E-state index contributed by atoms with van der Waals surface area (Å²) < 4.78 is 8.17. The fraction of sp³-hybridized carbons (Fsp3) is 0.0556. The summed E-state index contributed by atoms with van der Waals surface area (Å²) >= 11 is 0. The zero-order valence-electron chi connectivity index (χ0n) is 39.4. The Bertz CT molecular complexity index is 4200. The Morgan fingerprint density at radius 3 is 1.29 bits per heavy atom. The van der Waals surface area contributed by atoms with Crippen LogP contribution in [-0.2, 0) is 0 Å². The normalized spacial score (nSPS) is 11.7. The molecular weight excluding hydrogens is 861 g/mol. The lowest BCUT2D eigenvalue weighted by molar-refractivity contribution is 0.669. The van der Waals surface area contributed by atoms with Gasteiger partial charge in [-0.05, 0) is 69.9 Å². The Morgan fingerprint density at radius 1 is 0.361 bits per heavy atom. The molecule has 0 amide bonds. The van der Waals surface area contributed by atoms with Crippen LogP contribution < -0.4 is 71.0 Å². The van der Waals surface area contributed by atoms with Crippen LogP contribution in [0.1, 0.15) is 19.4 Å². The molecule has 12 rings (SSSR count). The van der Waals surface area contributed by atoms with E-state index in [1.54, 1.807) is 11.5 Å². The molecule has 0 aliphatic heterocycles. The standard InChI is InChI=1S/C52H19B13N4O.C2H6/c1-18-34(53)31-30-29(37(56)39(58)40(59)38(30)57)28-27(36(55)44(63)48-32(28)33(31)47(35(18)54)69(48)49-45(64)42(61)41(60)43(62)46(49)65)21-12-14-25-23(16-21)24-17-22(13-15-26(24)70-25)52-67-50(19-8-4-2-5-9-19)66-51(68-52)20-10-6-3-7-11-20;1-2/h2-17H,1H3;1-2H3. The highest BCUT2D eigenvalue weighted by atomic mass is 16.3. The predicted molar refractivity (Wildman–Crippen MR) is 316 cm³/mol. The van der Waals surface area contributed by atoms with Gasteiger partial charge in [0.15, 0.2) is 17.5 Å². The minimum absolute atomic E-state index is 0.00537. The first-order valence-electron chi connectivity index (χ1n) is 23.0. The maximum atomic E-state index is 7.37. The molecule has 0 bridgehead atoms. The van der Waals surface area contributed by atoms with Crippen LogP contribution in [0.4, 0.5) is 0 Å². The van der Waals surface area contributed by atoms with Crippen molar-refractivity contribution in [2.24, 2.45) is 0 Å². The van der Waals surface area contributed by atoms with Gasteiger partial charge in [-0.1, -0.05) is 130 Å². The van der Waals surface area contributed by atoms with E-state index in [1.807, 2.05) is 111 Å². The van der Waals surface area contributed by atoms with Crippen LogP contribution in [0.2, 0.25) is 0 Å². The van der Waals surface area contributed by atoms with E-state index in [0.29, 0.717) is 94.1 Å². The van der Waals surface area contributed by atoms with E-state index in [-0.39, 0.29) is 71.2 Å². The van der Waals surface area contributed by atoms with Crippen molar-refractivity contribution in [1.29, 1.82) is 0 Å². The van der Waals surface area contributed by atoms with Gasteiger partial charge in [-0.3, -0.25) is 0 Å². The third kappa shape index (κ3) is 6.69. The number of fused-ring (bicyclic) bond motifs is 6. The van der Waals surface area contributed by atoms with Crippen LogP contribution in [0.5, 0.6) is 0 Å². The molecule has 0 N–H and O–H groups in total. The molecule has 9 aromatic carbocycles. The first-order valence-corrected chi connectivity index (χ1v) is 23.0. The van der Waals surface area contributed by atoms with Gasteiger partial charge < -0.3 is 8.98 Å². The summed E-state index contributed by atoms with van der Waals surface area (Å²) in [5, 5.41) is 4.45. The van der Waals surface area contributed by atoms with Gasteiger partial charge in [0.25, 0.3) is 0 Å². The van der Waals surface area contributed by atoms with E-state index in [2.05, 4.69) is 0 Å². The molecule has 3 aromatic heterocycles. The van der Waals surface area contributed by atoms with E-state index in [4.69, 9.17) is 121 Å². The molecule has 0 atom stereocenters. The van der Waals surface area contributed by atoms with Crippen LogP contribution in [0.3, 0.4) is 0 Å². The van der Waals surface area contributed by atoms with Gasteiger partial charge in [0.1, 0.15) is 113 Å². The molecule has 306 valence electrons. The van der Waals surface area contributed by atoms with Crippen molar-refractivity contribution in [1.82, 2.24) is 19.5 Å². The fourth-order valence-corrected chi connectivity index (χ4v) is 10.2. The highest BCUT2D eigenvalue weighted by molar-refractivity contribution is 6.72. The monoisotopic (exact) mass is 888 g/mol. The minimum Gasteiger partial charge on any atom is -0.456 e. The Balaban J connectivity index is 0.00000277. The topological polar surface area (TPSA) is 56.7 Å². The summed E-state index contributed by atoms with van der Waals surface area (Å²) in [6.07, 6.45) is 0. The molecule has 26 radical (unpaired) electrons. The summed E-state index contributed by atoms with van der Waals surface area (Å²) in [6.45, 7) is 5.78. The second-order valence-electron chi connectivity index (χ2n) is 17.6. The minimum atomic E-state index is 0.00537. The molecule has 18 heteroatoms. The van der Waals surface area contributed by atoms with Gasteiger partial charge in [0, 0.05) is 55.0 Å². The highest BCUT2D eigenvalue weighted by Crippen LogP contribution is 2.45. The summed E-state index contributed by atoms with van der Waals surface area (Å²) in [7, 11) is 89.4. The molecule has 0 saturated carbocycles. The van der Waals surface area contributed by atoms with E-state index in [9.17, 15) is 0 Å². The third-order valence-corrected chi connectivity index (χ3v) is 13.8. The second-order valence-corrected chi connectivity index (χ2v) is 17.6. The Labute approximate surface area is 434 Å². The van der Waals surface area contributed by atoms with Crippen molar-refractivity contribution in [2.45, 2.75) is 20.8 Å². The molecular formula is C54H25B13N4O. The molecule has 0 unspecified atom stereocenters. The van der Waals surface area contributed by atoms with Gasteiger partial charge in [-0.2, -0.15) is 0 Å². The van der Waals surface area contributed by atoms with E-state index >= 15 is 0 Å². The van der Waals surface area contributed by atoms with Crippen molar-refractivity contribution in [2.75, 3.05) is 0 Å². The highest BCUT2D eigenvalue weighted by Gasteiger charge is 2.31. The summed E-state index contributed by atoms with van der Waals surface area (Å²) in [4.78, 5) is 14.8. The zero-order valence-corrected chi connectivity index (χ0v) is 39.4. The molecule has 12 aromatic rings. The van der Waals surface area contributed by atoms with Gasteiger partial charge in [-0.15, -0.1) is 27.3 Å². The average molecular weight is 886 g/mol. The van der Waals surface area contributed by atoms with Gasteiger partial charge in [0.05, 0.1) is 0 Å². The molecule has 0 spiro atoms. The average Bonchev–Trinajstić information content (AvgIpc) is 3.96. The van der Waals surface area contributed by atoms with Crippen LogP contribution in [0.25, 0.3) is 116 Å². The Morgan fingerprint density at radius 2 is 0.764 bits per heavy atom.